The van der Waals surface area contributed by atoms with Gasteiger partial charge in [0.2, 0.25) is 23.4 Å². The molecule has 0 radical (unpaired) electrons. The second-order valence-corrected chi connectivity index (χ2v) is 14.8. The van der Waals surface area contributed by atoms with Crippen LogP contribution in [0.3, 0.4) is 0 Å². The minimum Gasteiger partial charge on any atom is -0.480 e. The topological polar surface area (TPSA) is 167 Å². The molecule has 2 aliphatic heterocycles. The number of likely N-dealkylation sites (tertiary alicyclic amines) is 1. The summed E-state index contributed by atoms with van der Waals surface area (Å²) in [5.74, 6) is -4.31. The van der Waals surface area contributed by atoms with Crippen molar-refractivity contribution in [2.24, 2.45) is 17.8 Å². The number of hydrogen-bond donors (Lipinski definition) is 4. The highest BCUT2D eigenvalue weighted by Gasteiger charge is 2.46. The summed E-state index contributed by atoms with van der Waals surface area (Å²) in [6.45, 7) is 9.89. The number of carbonyl (C=O) groups excluding carboxylic acids is 4. The highest BCUT2D eigenvalue weighted by molar-refractivity contribution is 5.92. The molecule has 0 spiro atoms. The van der Waals surface area contributed by atoms with Gasteiger partial charge in [-0.2, -0.15) is 0 Å². The van der Waals surface area contributed by atoms with E-state index in [2.05, 4.69) is 16.0 Å². The van der Waals surface area contributed by atoms with E-state index in [0.29, 0.717) is 32.4 Å². The fourth-order valence-corrected chi connectivity index (χ4v) is 7.52. The van der Waals surface area contributed by atoms with Crippen LogP contribution in [0.15, 0.2) is 30.3 Å². The lowest BCUT2D eigenvalue weighted by Crippen LogP contribution is -2.59. The SMILES string of the molecule is CC[C@H](C)[C@@H]([C@@H](CC(=O)N1CCC[C@H]1[C@H](OC)[C@@H](C)C(=O)N[C@@H](Cc1ccccc1)C(=O)O)OC)N(C)C(=O)[C@@H](NC(=O)[C@@]1(F)CCNC1)C(C)C. The molecule has 0 unspecified atom stereocenters. The van der Waals surface area contributed by atoms with Crippen LogP contribution in [0.4, 0.5) is 4.39 Å². The van der Waals surface area contributed by atoms with E-state index >= 15 is 4.39 Å². The zero-order valence-electron chi connectivity index (χ0n) is 32.0. The molecule has 0 bridgehead atoms. The molecule has 3 rings (SSSR count). The Kier molecular flexibility index (Phi) is 16.0. The number of likely N-dealkylation sites (N-methyl/N-ethyl adjacent to an activating group) is 1. The molecule has 1 aromatic rings. The lowest BCUT2D eigenvalue weighted by molar-refractivity contribution is -0.148. The van der Waals surface area contributed by atoms with Crippen molar-refractivity contribution in [1.82, 2.24) is 25.8 Å². The number of carbonyl (C=O) groups is 5. The molecule has 4 amide bonds. The average molecular weight is 734 g/mol. The van der Waals surface area contributed by atoms with E-state index < -0.39 is 71.7 Å². The Balaban J connectivity index is 1.76. The van der Waals surface area contributed by atoms with Crippen LogP contribution in [0, 0.1) is 17.8 Å². The summed E-state index contributed by atoms with van der Waals surface area (Å²) in [4.78, 5) is 69.8. The number of nitrogens with one attached hydrogen (secondary N) is 3. The molecule has 2 fully saturated rings. The summed E-state index contributed by atoms with van der Waals surface area (Å²) in [7, 11) is 4.60. The number of amides is 4. The Morgan fingerprint density at radius 1 is 1.08 bits per heavy atom. The fraction of sp³-hybridized carbons (Fsp3) is 0.711. The molecule has 52 heavy (non-hydrogen) atoms. The number of methoxy groups -OCH3 is 2. The quantitative estimate of drug-likeness (QED) is 0.167. The molecular formula is C38H60FN5O8. The highest BCUT2D eigenvalue weighted by atomic mass is 19.1. The molecule has 13 nitrogen and oxygen atoms in total. The molecule has 14 heteroatoms. The summed E-state index contributed by atoms with van der Waals surface area (Å²) in [6, 6.07) is 5.90. The van der Waals surface area contributed by atoms with Crippen LogP contribution < -0.4 is 16.0 Å². The van der Waals surface area contributed by atoms with Gasteiger partial charge in [-0.25, -0.2) is 9.18 Å². The van der Waals surface area contributed by atoms with Gasteiger partial charge in [0.05, 0.1) is 36.6 Å². The molecule has 0 aliphatic carbocycles. The van der Waals surface area contributed by atoms with Crippen molar-refractivity contribution in [1.29, 1.82) is 0 Å². The maximum Gasteiger partial charge on any atom is 0.326 e. The van der Waals surface area contributed by atoms with Crippen molar-refractivity contribution in [2.75, 3.05) is 40.9 Å². The summed E-state index contributed by atoms with van der Waals surface area (Å²) in [6.07, 6.45) is 0.585. The van der Waals surface area contributed by atoms with Crippen molar-refractivity contribution >= 4 is 29.6 Å². The lowest BCUT2D eigenvalue weighted by atomic mass is 9.89. The van der Waals surface area contributed by atoms with Gasteiger partial charge >= 0.3 is 5.97 Å². The number of nitrogens with zero attached hydrogens (tertiary/aromatic N) is 2. The minimum atomic E-state index is -2.09. The van der Waals surface area contributed by atoms with Crippen molar-refractivity contribution < 1.29 is 42.9 Å². The Morgan fingerprint density at radius 2 is 1.75 bits per heavy atom. The Labute approximate surface area is 307 Å². The third-order valence-corrected chi connectivity index (χ3v) is 10.9. The number of aliphatic carboxylic acids is 1. The van der Waals surface area contributed by atoms with Crippen LogP contribution in [-0.4, -0.2) is 127 Å². The smallest absolute Gasteiger partial charge is 0.326 e. The molecule has 0 saturated carbocycles. The van der Waals surface area contributed by atoms with Crippen LogP contribution in [0.5, 0.6) is 0 Å². The van der Waals surface area contributed by atoms with E-state index in [1.54, 1.807) is 57.0 Å². The van der Waals surface area contributed by atoms with E-state index in [9.17, 15) is 29.1 Å². The molecule has 2 saturated heterocycles. The van der Waals surface area contributed by atoms with E-state index in [4.69, 9.17) is 9.47 Å². The van der Waals surface area contributed by atoms with Gasteiger partial charge in [0, 0.05) is 47.2 Å². The first kappa shape index (κ1) is 42.8. The predicted octanol–water partition coefficient (Wildman–Crippen LogP) is 2.56. The number of halogens is 1. The third-order valence-electron chi connectivity index (χ3n) is 10.9. The van der Waals surface area contributed by atoms with E-state index in [1.165, 1.54) is 19.1 Å². The van der Waals surface area contributed by atoms with Gasteiger partial charge in [-0.15, -0.1) is 0 Å². The zero-order chi connectivity index (χ0) is 38.7. The number of ether oxygens (including phenoxy) is 2. The second kappa shape index (κ2) is 19.5. The Hall–Kier alpha value is -3.62. The number of hydrogen-bond acceptors (Lipinski definition) is 8. The summed E-state index contributed by atoms with van der Waals surface area (Å²) in [5, 5.41) is 18.0. The van der Waals surface area contributed by atoms with Gasteiger partial charge in [-0.3, -0.25) is 19.2 Å². The predicted molar refractivity (Wildman–Crippen MR) is 194 cm³/mol. The van der Waals surface area contributed by atoms with Gasteiger partial charge in [0.15, 0.2) is 0 Å². The van der Waals surface area contributed by atoms with Crippen molar-refractivity contribution in [3.8, 4) is 0 Å². The molecule has 1 aromatic carbocycles. The molecule has 0 aromatic heterocycles. The van der Waals surface area contributed by atoms with Gasteiger partial charge < -0.3 is 40.3 Å². The number of alkyl halides is 1. The van der Waals surface area contributed by atoms with Crippen LogP contribution >= 0.6 is 0 Å². The van der Waals surface area contributed by atoms with Gasteiger partial charge in [-0.1, -0.05) is 71.4 Å². The number of carboxylic acid groups (broad SMARTS) is 1. The van der Waals surface area contributed by atoms with Gasteiger partial charge in [-0.05, 0) is 36.8 Å². The Morgan fingerprint density at radius 3 is 2.29 bits per heavy atom. The second-order valence-electron chi connectivity index (χ2n) is 14.8. The molecule has 4 N–H and O–H groups in total. The average Bonchev–Trinajstić information content (AvgIpc) is 3.80. The largest absolute Gasteiger partial charge is 0.480 e. The maximum absolute atomic E-state index is 15.3. The standard InChI is InChI=1S/C38H60FN5O8/c1-9-24(4)32(43(6)35(47)31(23(2)3)42-37(50)38(39)17-18-40-22-38)29(51-7)21-30(45)44-19-13-16-28(44)33(52-8)25(5)34(46)41-27(36(48)49)20-26-14-11-10-12-15-26/h10-12,14-15,23-25,27-29,31-33,40H,9,13,16-22H2,1-8H3,(H,41,46)(H,42,50)(H,48,49)/t24-,25+,27-,28-,29+,31-,32-,33+,38+/m0/s1. The lowest BCUT2D eigenvalue weighted by Gasteiger charge is -2.41. The number of carboxylic acids is 1. The molecular weight excluding hydrogens is 673 g/mol. The normalized spacial score (nSPS) is 22.9. The molecule has 9 atom stereocenters. The Bertz CT molecular complexity index is 1360. The van der Waals surface area contributed by atoms with Gasteiger partial charge in [0.1, 0.15) is 12.1 Å². The van der Waals surface area contributed by atoms with Crippen molar-refractivity contribution in [2.45, 2.75) is 115 Å². The number of benzene rings is 1. The molecule has 292 valence electrons. The first-order chi connectivity index (χ1) is 24.6. The monoisotopic (exact) mass is 733 g/mol. The van der Waals surface area contributed by atoms with E-state index in [1.807, 2.05) is 19.9 Å². The number of rotatable bonds is 19. The van der Waals surface area contributed by atoms with Crippen LogP contribution in [0.2, 0.25) is 0 Å². The maximum atomic E-state index is 15.3. The van der Waals surface area contributed by atoms with Crippen molar-refractivity contribution in [3.63, 3.8) is 0 Å². The highest BCUT2D eigenvalue weighted by Crippen LogP contribution is 2.30. The summed E-state index contributed by atoms with van der Waals surface area (Å²) in [5.41, 5.74) is -1.32. The van der Waals surface area contributed by atoms with Crippen molar-refractivity contribution in [3.05, 3.63) is 35.9 Å². The van der Waals surface area contributed by atoms with Crippen LogP contribution in [0.25, 0.3) is 0 Å². The fourth-order valence-electron chi connectivity index (χ4n) is 7.52. The first-order valence-electron chi connectivity index (χ1n) is 18.5. The van der Waals surface area contributed by atoms with E-state index in [0.717, 1.165) is 5.56 Å². The summed E-state index contributed by atoms with van der Waals surface area (Å²) < 4.78 is 27.0. The first-order valence-corrected chi connectivity index (χ1v) is 18.5. The summed E-state index contributed by atoms with van der Waals surface area (Å²) >= 11 is 0. The zero-order valence-corrected chi connectivity index (χ0v) is 32.0. The van der Waals surface area contributed by atoms with Crippen LogP contribution in [0.1, 0.15) is 72.3 Å². The minimum absolute atomic E-state index is 0.0268. The van der Waals surface area contributed by atoms with E-state index in [-0.39, 0.29) is 43.6 Å². The van der Waals surface area contributed by atoms with Crippen LogP contribution in [-0.2, 0) is 39.9 Å². The molecule has 2 heterocycles. The molecule has 2 aliphatic rings. The third kappa shape index (κ3) is 10.5. The van der Waals surface area contributed by atoms with Gasteiger partial charge in [0.25, 0.3) is 5.91 Å².